The Kier molecular flexibility index (Phi) is 4.89. The first kappa shape index (κ1) is 17.7. The van der Waals surface area contributed by atoms with Crippen LogP contribution in [0, 0.1) is 6.92 Å². The third kappa shape index (κ3) is 3.44. The predicted molar refractivity (Wildman–Crippen MR) is 104 cm³/mol. The monoisotopic (exact) mass is 382 g/mol. The molecule has 140 valence electrons. The van der Waals surface area contributed by atoms with E-state index < -0.39 is 0 Å². The van der Waals surface area contributed by atoms with Gasteiger partial charge in [0.1, 0.15) is 6.04 Å². The van der Waals surface area contributed by atoms with Gasteiger partial charge in [0.05, 0.1) is 35.0 Å². The first-order valence-electron chi connectivity index (χ1n) is 9.10. The highest BCUT2D eigenvalue weighted by molar-refractivity contribution is 7.11. The summed E-state index contributed by atoms with van der Waals surface area (Å²) >= 11 is 1.64. The van der Waals surface area contributed by atoms with Crippen LogP contribution in [-0.2, 0) is 19.4 Å². The van der Waals surface area contributed by atoms with Gasteiger partial charge in [-0.3, -0.25) is 4.98 Å². The van der Waals surface area contributed by atoms with Crippen molar-refractivity contribution < 1.29 is 4.79 Å². The number of urea groups is 1. The van der Waals surface area contributed by atoms with Crippen molar-refractivity contribution in [3.8, 4) is 0 Å². The summed E-state index contributed by atoms with van der Waals surface area (Å²) in [5.74, 6) is 0. The van der Waals surface area contributed by atoms with Crippen molar-refractivity contribution in [2.45, 2.75) is 39.3 Å². The van der Waals surface area contributed by atoms with Gasteiger partial charge in [0, 0.05) is 29.7 Å². The largest absolute Gasteiger partial charge is 0.348 e. The fraction of sp³-hybridized carbons (Fsp3) is 0.368. The average molecular weight is 382 g/mol. The van der Waals surface area contributed by atoms with Crippen LogP contribution in [0.25, 0.3) is 0 Å². The molecule has 1 aliphatic rings. The zero-order chi connectivity index (χ0) is 18.8. The number of pyridine rings is 1. The van der Waals surface area contributed by atoms with Gasteiger partial charge < -0.3 is 15.2 Å². The van der Waals surface area contributed by atoms with E-state index in [-0.39, 0.29) is 12.1 Å². The number of thiazole rings is 1. The summed E-state index contributed by atoms with van der Waals surface area (Å²) in [4.78, 5) is 32.6. The van der Waals surface area contributed by atoms with Crippen LogP contribution in [0.1, 0.15) is 45.6 Å². The minimum Gasteiger partial charge on any atom is -0.348 e. The number of carbonyl (C=O) groups is 1. The lowest BCUT2D eigenvalue weighted by atomic mass is 10.00. The van der Waals surface area contributed by atoms with Gasteiger partial charge in [-0.25, -0.2) is 14.8 Å². The number of aromatic amines is 1. The van der Waals surface area contributed by atoms with Crippen molar-refractivity contribution in [1.29, 1.82) is 0 Å². The molecule has 27 heavy (non-hydrogen) atoms. The Balaban J connectivity index is 1.57. The lowest BCUT2D eigenvalue weighted by Crippen LogP contribution is -2.46. The fourth-order valence-corrected chi connectivity index (χ4v) is 4.48. The summed E-state index contributed by atoms with van der Waals surface area (Å²) in [6.45, 7) is 5.19. The molecule has 4 heterocycles. The molecule has 0 aromatic carbocycles. The summed E-state index contributed by atoms with van der Waals surface area (Å²) in [7, 11) is 0. The van der Waals surface area contributed by atoms with Crippen LogP contribution in [0.5, 0.6) is 0 Å². The molecule has 7 nitrogen and oxygen atoms in total. The zero-order valence-electron chi connectivity index (χ0n) is 15.4. The molecule has 0 aliphatic carbocycles. The van der Waals surface area contributed by atoms with E-state index in [1.54, 1.807) is 23.9 Å². The third-order valence-electron chi connectivity index (χ3n) is 4.77. The number of hydrogen-bond acceptors (Lipinski definition) is 5. The highest BCUT2D eigenvalue weighted by Gasteiger charge is 2.34. The second-order valence-corrected chi connectivity index (χ2v) is 7.77. The highest BCUT2D eigenvalue weighted by Crippen LogP contribution is 2.32. The van der Waals surface area contributed by atoms with Crippen LogP contribution in [-0.4, -0.2) is 37.4 Å². The summed E-state index contributed by atoms with van der Waals surface area (Å²) in [6, 6.07) is 5.37. The van der Waals surface area contributed by atoms with E-state index in [0.717, 1.165) is 45.5 Å². The third-order valence-corrected chi connectivity index (χ3v) is 5.79. The van der Waals surface area contributed by atoms with Crippen LogP contribution < -0.4 is 5.32 Å². The van der Waals surface area contributed by atoms with E-state index in [2.05, 4.69) is 32.2 Å². The van der Waals surface area contributed by atoms with Gasteiger partial charge in [0.15, 0.2) is 0 Å². The Morgan fingerprint density at radius 2 is 2.30 bits per heavy atom. The van der Waals surface area contributed by atoms with Crippen molar-refractivity contribution in [2.24, 2.45) is 0 Å². The lowest BCUT2D eigenvalue weighted by molar-refractivity contribution is 0.177. The highest BCUT2D eigenvalue weighted by atomic mass is 32.1. The first-order valence-corrected chi connectivity index (χ1v) is 9.91. The van der Waals surface area contributed by atoms with E-state index >= 15 is 0 Å². The summed E-state index contributed by atoms with van der Waals surface area (Å²) in [5, 5.41) is 4.10. The average Bonchev–Trinajstić information content (AvgIpc) is 3.31. The second kappa shape index (κ2) is 7.48. The predicted octanol–water partition coefficient (Wildman–Crippen LogP) is 2.99. The number of fused-ring (bicyclic) bond motifs is 1. The number of nitrogens with zero attached hydrogens (tertiary/aromatic N) is 4. The summed E-state index contributed by atoms with van der Waals surface area (Å²) < 4.78 is 0. The molecular weight excluding hydrogens is 360 g/mol. The van der Waals surface area contributed by atoms with Gasteiger partial charge in [0.25, 0.3) is 0 Å². The van der Waals surface area contributed by atoms with E-state index in [1.807, 2.05) is 30.0 Å². The molecule has 0 fully saturated rings. The van der Waals surface area contributed by atoms with Gasteiger partial charge in [-0.1, -0.05) is 13.0 Å². The molecule has 0 radical (unpaired) electrons. The number of rotatable bonds is 4. The molecule has 2 N–H and O–H groups in total. The molecule has 0 saturated heterocycles. The Morgan fingerprint density at radius 1 is 1.41 bits per heavy atom. The number of hydrogen-bond donors (Lipinski definition) is 2. The standard InChI is InChI=1S/C19H22N6OS/c1-3-13-16(27-12(2)24-13)10-21-19(26)25-9-7-14-17(23-11-22-14)18(25)15-6-4-5-8-20-15/h4-6,8,11,18H,3,7,9-10H2,1-2H3,(H,21,26)(H,22,23)/t18-/m0/s1. The van der Waals surface area contributed by atoms with Crippen molar-refractivity contribution in [3.63, 3.8) is 0 Å². The van der Waals surface area contributed by atoms with Crippen LogP contribution >= 0.6 is 11.3 Å². The molecule has 4 rings (SSSR count). The smallest absolute Gasteiger partial charge is 0.318 e. The van der Waals surface area contributed by atoms with Gasteiger partial charge in [0.2, 0.25) is 0 Å². The summed E-state index contributed by atoms with van der Waals surface area (Å²) in [6.07, 6.45) is 5.06. The number of H-pyrrole nitrogens is 1. The maximum atomic E-state index is 13.0. The minimum absolute atomic E-state index is 0.104. The number of nitrogens with one attached hydrogen (secondary N) is 2. The maximum absolute atomic E-state index is 13.0. The Labute approximate surface area is 161 Å². The second-order valence-electron chi connectivity index (χ2n) is 6.48. The van der Waals surface area contributed by atoms with Crippen molar-refractivity contribution in [3.05, 3.63) is 63.4 Å². The molecule has 2 amide bonds. The minimum atomic E-state index is -0.282. The van der Waals surface area contributed by atoms with Crippen molar-refractivity contribution in [2.75, 3.05) is 6.54 Å². The zero-order valence-corrected chi connectivity index (χ0v) is 16.2. The van der Waals surface area contributed by atoms with Crippen LogP contribution in [0.3, 0.4) is 0 Å². The lowest BCUT2D eigenvalue weighted by Gasteiger charge is -2.34. The molecule has 0 unspecified atom stereocenters. The van der Waals surface area contributed by atoms with Gasteiger partial charge in [-0.2, -0.15) is 0 Å². The first-order chi connectivity index (χ1) is 13.2. The van der Waals surface area contributed by atoms with Crippen molar-refractivity contribution >= 4 is 17.4 Å². The van der Waals surface area contributed by atoms with Gasteiger partial charge >= 0.3 is 6.03 Å². The summed E-state index contributed by atoms with van der Waals surface area (Å²) in [5.41, 5.74) is 3.83. The quantitative estimate of drug-likeness (QED) is 0.726. The van der Waals surface area contributed by atoms with E-state index in [4.69, 9.17) is 0 Å². The molecule has 1 atom stereocenters. The SMILES string of the molecule is CCc1nc(C)sc1CNC(=O)N1CCc2[nH]cnc2[C@@H]1c1ccccn1. The van der Waals surface area contributed by atoms with E-state index in [9.17, 15) is 4.79 Å². The molecule has 1 aliphatic heterocycles. The Hall–Kier alpha value is -2.74. The maximum Gasteiger partial charge on any atom is 0.318 e. The van der Waals surface area contributed by atoms with Crippen LogP contribution in [0.15, 0.2) is 30.7 Å². The molecule has 0 spiro atoms. The molecule has 3 aromatic heterocycles. The molecule has 3 aromatic rings. The molecule has 0 saturated carbocycles. The van der Waals surface area contributed by atoms with E-state index in [0.29, 0.717) is 13.1 Å². The van der Waals surface area contributed by atoms with E-state index in [1.165, 1.54) is 0 Å². The topological polar surface area (TPSA) is 86.8 Å². The Bertz CT molecular complexity index is 935. The van der Waals surface area contributed by atoms with Gasteiger partial charge in [-0.15, -0.1) is 11.3 Å². The number of aryl methyl sites for hydroxylation is 2. The van der Waals surface area contributed by atoms with Crippen molar-refractivity contribution in [1.82, 2.24) is 30.2 Å². The number of amides is 2. The van der Waals surface area contributed by atoms with Crippen LogP contribution in [0.2, 0.25) is 0 Å². The number of imidazole rings is 1. The molecule has 0 bridgehead atoms. The number of aromatic nitrogens is 4. The van der Waals surface area contributed by atoms with Crippen LogP contribution in [0.4, 0.5) is 4.79 Å². The van der Waals surface area contributed by atoms with Gasteiger partial charge in [-0.05, 0) is 25.5 Å². The fourth-order valence-electron chi connectivity index (χ4n) is 3.52. The molecular formula is C19H22N6OS. The Morgan fingerprint density at radius 3 is 3.07 bits per heavy atom. The normalized spacial score (nSPS) is 16.2. The number of carbonyl (C=O) groups excluding carboxylic acids is 1. The molecule has 8 heteroatoms.